The molecule has 0 aliphatic carbocycles. The number of aromatic nitrogens is 1. The normalized spacial score (nSPS) is 21.9. The van der Waals surface area contributed by atoms with E-state index in [0.717, 1.165) is 11.1 Å². The van der Waals surface area contributed by atoms with Crippen molar-refractivity contribution in [3.05, 3.63) is 66.0 Å². The van der Waals surface area contributed by atoms with Crippen molar-refractivity contribution in [2.24, 2.45) is 0 Å². The number of rotatable bonds is 5. The van der Waals surface area contributed by atoms with Crippen molar-refractivity contribution in [2.75, 3.05) is 6.61 Å². The summed E-state index contributed by atoms with van der Waals surface area (Å²) in [5.74, 6) is 0. The predicted molar refractivity (Wildman–Crippen MR) is 91.4 cm³/mol. The van der Waals surface area contributed by atoms with E-state index in [2.05, 4.69) is 10.5 Å². The van der Waals surface area contributed by atoms with Gasteiger partial charge >= 0.3 is 0 Å². The van der Waals surface area contributed by atoms with Gasteiger partial charge in [-0.3, -0.25) is 10.5 Å². The third kappa shape index (κ3) is 4.32. The Balaban J connectivity index is 1.83. The maximum absolute atomic E-state index is 13.5. The molecule has 0 radical (unpaired) electrons. The zero-order valence-electron chi connectivity index (χ0n) is 13.0. The van der Waals surface area contributed by atoms with Crippen LogP contribution in [0.3, 0.4) is 0 Å². The van der Waals surface area contributed by atoms with E-state index in [1.54, 1.807) is 18.5 Å². The second-order valence-corrected chi connectivity index (χ2v) is 5.82. The summed E-state index contributed by atoms with van der Waals surface area (Å²) in [5.41, 5.74) is 5.03. The lowest BCUT2D eigenvalue weighted by Crippen LogP contribution is -2.33. The van der Waals surface area contributed by atoms with Crippen molar-refractivity contribution in [3.63, 3.8) is 0 Å². The van der Waals surface area contributed by atoms with Gasteiger partial charge in [0.25, 0.3) is 0 Å². The zero-order valence-corrected chi connectivity index (χ0v) is 13.7. The van der Waals surface area contributed by atoms with Gasteiger partial charge in [-0.1, -0.05) is 48.0 Å². The summed E-state index contributed by atoms with van der Waals surface area (Å²) in [6.45, 7) is 0.342. The number of nitrogens with zero attached hydrogens (tertiary/aromatic N) is 1. The summed E-state index contributed by atoms with van der Waals surface area (Å²) in [7, 11) is 0. The molecule has 1 aliphatic rings. The van der Waals surface area contributed by atoms with E-state index in [-0.39, 0.29) is 6.42 Å². The molecule has 1 aromatic heterocycles. The summed E-state index contributed by atoms with van der Waals surface area (Å²) in [5, 5.41) is 0.460. The van der Waals surface area contributed by atoms with Gasteiger partial charge in [-0.2, -0.15) is 0 Å². The van der Waals surface area contributed by atoms with Gasteiger partial charge < -0.3 is 4.74 Å². The molecule has 4 nitrogen and oxygen atoms in total. The topological polar surface area (TPSA) is 43.4 Å². The molecule has 2 aromatic rings. The maximum Gasteiger partial charge on any atom is 0.186 e. The van der Waals surface area contributed by atoms with E-state index < -0.39 is 12.5 Å². The van der Waals surface area contributed by atoms with Gasteiger partial charge in [0.05, 0.1) is 17.3 Å². The minimum absolute atomic E-state index is 0.194. The molecule has 0 saturated carbocycles. The number of pyridine rings is 1. The Morgan fingerprint density at radius 3 is 2.71 bits per heavy atom. The first kappa shape index (κ1) is 16.9. The summed E-state index contributed by atoms with van der Waals surface area (Å²) < 4.78 is 18.9. The fraction of sp³-hybridized carbons (Fsp3) is 0.278. The van der Waals surface area contributed by atoms with Crippen LogP contribution in [0.4, 0.5) is 4.39 Å². The third-order valence-electron chi connectivity index (χ3n) is 3.67. The Bertz CT molecular complexity index is 682. The molecule has 126 valence electrons. The van der Waals surface area contributed by atoms with E-state index in [4.69, 9.17) is 21.2 Å². The van der Waals surface area contributed by atoms with Crippen molar-refractivity contribution in [3.8, 4) is 0 Å². The number of hydrogen-bond donors (Lipinski definition) is 1. The monoisotopic (exact) mass is 348 g/mol. The van der Waals surface area contributed by atoms with Gasteiger partial charge in [-0.05, 0) is 6.07 Å². The van der Waals surface area contributed by atoms with Crippen LogP contribution in [0.5, 0.6) is 0 Å². The quantitative estimate of drug-likeness (QED) is 0.825. The average Bonchev–Trinajstić information content (AvgIpc) is 2.63. The second kappa shape index (κ2) is 8.24. The number of nitrogens with one attached hydrogen (secondary N) is 1. The predicted octanol–water partition coefficient (Wildman–Crippen LogP) is 4.14. The molecule has 2 atom stereocenters. The molecule has 0 bridgehead atoms. The molecule has 2 heterocycles. The Morgan fingerprint density at radius 2 is 2.00 bits per heavy atom. The lowest BCUT2D eigenvalue weighted by molar-refractivity contribution is -0.196. The molecule has 24 heavy (non-hydrogen) atoms. The Labute approximate surface area is 145 Å². The first-order chi connectivity index (χ1) is 11.7. The molecule has 1 aliphatic heterocycles. The van der Waals surface area contributed by atoms with Crippen LogP contribution in [0.25, 0.3) is 10.7 Å². The van der Waals surface area contributed by atoms with Crippen molar-refractivity contribution >= 4 is 22.3 Å². The van der Waals surface area contributed by atoms with E-state index in [1.165, 1.54) is 0 Å². The smallest absolute Gasteiger partial charge is 0.186 e. The minimum atomic E-state index is -0.913. The Kier molecular flexibility index (Phi) is 5.80. The molecule has 1 aromatic carbocycles. The molecule has 0 spiro atoms. The SMILES string of the molecule is FC1CCOC(ONC(=C(Cl)c2cccnc2)c2ccccc2)C1. The van der Waals surface area contributed by atoms with Crippen molar-refractivity contribution < 1.29 is 14.0 Å². The minimum Gasteiger partial charge on any atom is -0.350 e. The Morgan fingerprint density at radius 1 is 1.21 bits per heavy atom. The summed E-state index contributed by atoms with van der Waals surface area (Å²) in [4.78, 5) is 9.62. The molecular weight excluding hydrogens is 331 g/mol. The number of alkyl halides is 1. The van der Waals surface area contributed by atoms with Crippen LogP contribution in [-0.4, -0.2) is 24.1 Å². The molecule has 2 unspecified atom stereocenters. The first-order valence-corrected chi connectivity index (χ1v) is 8.15. The lowest BCUT2D eigenvalue weighted by atomic mass is 10.1. The summed E-state index contributed by atoms with van der Waals surface area (Å²) in [6.07, 6.45) is 2.38. The van der Waals surface area contributed by atoms with Gasteiger partial charge in [0.1, 0.15) is 6.17 Å². The number of ether oxygens (including phenoxy) is 1. The van der Waals surface area contributed by atoms with Gasteiger partial charge in [0.2, 0.25) is 0 Å². The molecule has 0 amide bonds. The average molecular weight is 349 g/mol. The van der Waals surface area contributed by atoms with Crippen LogP contribution < -0.4 is 5.48 Å². The van der Waals surface area contributed by atoms with Gasteiger partial charge in [-0.25, -0.2) is 9.23 Å². The zero-order chi connectivity index (χ0) is 16.8. The van der Waals surface area contributed by atoms with Crippen LogP contribution in [0.1, 0.15) is 24.0 Å². The highest BCUT2D eigenvalue weighted by molar-refractivity contribution is 6.52. The van der Waals surface area contributed by atoms with Gasteiger partial charge in [0, 0.05) is 36.4 Å². The number of hydroxylamine groups is 1. The van der Waals surface area contributed by atoms with Crippen molar-refractivity contribution in [2.45, 2.75) is 25.3 Å². The van der Waals surface area contributed by atoms with Gasteiger partial charge in [0.15, 0.2) is 6.29 Å². The standard InChI is InChI=1S/C18H18ClFN2O2/c19-17(14-7-4-9-21-12-14)18(13-5-2-1-3-6-13)22-24-16-11-15(20)8-10-23-16/h1-7,9,12,15-16,22H,8,10-11H2. The van der Waals surface area contributed by atoms with Crippen LogP contribution in [-0.2, 0) is 9.57 Å². The fourth-order valence-corrected chi connectivity index (χ4v) is 2.66. The molecular formula is C18H18ClFN2O2. The second-order valence-electron chi connectivity index (χ2n) is 5.44. The van der Waals surface area contributed by atoms with E-state index in [9.17, 15) is 4.39 Å². The first-order valence-electron chi connectivity index (χ1n) is 7.77. The summed E-state index contributed by atoms with van der Waals surface area (Å²) >= 11 is 6.54. The molecule has 3 rings (SSSR count). The lowest BCUT2D eigenvalue weighted by Gasteiger charge is -2.26. The molecule has 6 heteroatoms. The summed E-state index contributed by atoms with van der Waals surface area (Å²) in [6, 6.07) is 13.2. The Hall–Kier alpha value is -1.95. The third-order valence-corrected chi connectivity index (χ3v) is 4.08. The van der Waals surface area contributed by atoms with Crippen molar-refractivity contribution in [1.82, 2.24) is 10.5 Å². The van der Waals surface area contributed by atoms with Gasteiger partial charge in [-0.15, -0.1) is 0 Å². The highest BCUT2D eigenvalue weighted by atomic mass is 35.5. The maximum atomic E-state index is 13.5. The van der Waals surface area contributed by atoms with Crippen molar-refractivity contribution in [1.29, 1.82) is 0 Å². The highest BCUT2D eigenvalue weighted by Crippen LogP contribution is 2.28. The van der Waals surface area contributed by atoms with E-state index in [1.807, 2.05) is 36.4 Å². The number of halogens is 2. The number of benzene rings is 1. The van der Waals surface area contributed by atoms with Crippen LogP contribution in [0, 0.1) is 0 Å². The molecule has 1 N–H and O–H groups in total. The largest absolute Gasteiger partial charge is 0.350 e. The van der Waals surface area contributed by atoms with E-state index in [0.29, 0.717) is 23.8 Å². The van der Waals surface area contributed by atoms with Crippen LogP contribution >= 0.6 is 11.6 Å². The highest BCUT2D eigenvalue weighted by Gasteiger charge is 2.23. The molecule has 1 saturated heterocycles. The fourth-order valence-electron chi connectivity index (χ4n) is 2.40. The number of hydrogen-bond acceptors (Lipinski definition) is 4. The van der Waals surface area contributed by atoms with E-state index >= 15 is 0 Å². The van der Waals surface area contributed by atoms with Crippen LogP contribution in [0.2, 0.25) is 0 Å². The van der Waals surface area contributed by atoms with Crippen LogP contribution in [0.15, 0.2) is 54.9 Å². The molecule has 1 fully saturated rings.